The Bertz CT molecular complexity index is 468. The minimum absolute atomic E-state index is 0.485. The van der Waals surface area contributed by atoms with Crippen LogP contribution in [-0.2, 0) is 6.54 Å². The van der Waals surface area contributed by atoms with Gasteiger partial charge < -0.3 is 9.80 Å². The first kappa shape index (κ1) is 19.9. The minimum Gasteiger partial charge on any atom is -0.356 e. The molecule has 1 unspecified atom stereocenters. The summed E-state index contributed by atoms with van der Waals surface area (Å²) in [5, 5.41) is 0. The average molecular weight is 343 g/mol. The second-order valence-corrected chi connectivity index (χ2v) is 7.51. The van der Waals surface area contributed by atoms with E-state index in [1.165, 1.54) is 76.3 Å². The molecule has 0 saturated carbocycles. The van der Waals surface area contributed by atoms with E-state index in [1.807, 2.05) is 0 Å². The van der Waals surface area contributed by atoms with E-state index in [-0.39, 0.29) is 0 Å². The number of hydrogen-bond acceptors (Lipinski definition) is 2. The largest absolute Gasteiger partial charge is 0.356 e. The fourth-order valence-electron chi connectivity index (χ4n) is 3.63. The average Bonchev–Trinajstić information content (AvgIpc) is 2.97. The summed E-state index contributed by atoms with van der Waals surface area (Å²) in [6.07, 6.45) is 19.1. The normalized spacial score (nSPS) is 16.8. The maximum absolute atomic E-state index is 2.49. The lowest BCUT2D eigenvalue weighted by Gasteiger charge is -2.30. The number of benzene rings is 1. The molecule has 2 nitrogen and oxygen atoms in total. The van der Waals surface area contributed by atoms with Crippen molar-refractivity contribution in [3.8, 4) is 0 Å². The van der Waals surface area contributed by atoms with Crippen LogP contribution >= 0.6 is 0 Å². The maximum atomic E-state index is 2.49. The first-order valence-electron chi connectivity index (χ1n) is 10.5. The quantitative estimate of drug-likeness (QED) is 0.375. The molecule has 1 aromatic rings. The van der Waals surface area contributed by atoms with Gasteiger partial charge in [-0.1, -0.05) is 95.0 Å². The van der Waals surface area contributed by atoms with Gasteiger partial charge in [-0.05, 0) is 18.9 Å². The van der Waals surface area contributed by atoms with Crippen LogP contribution in [0, 0.1) is 0 Å². The molecule has 0 saturated heterocycles. The molecule has 1 aliphatic rings. The number of rotatable bonds is 13. The van der Waals surface area contributed by atoms with Crippen LogP contribution in [0.5, 0.6) is 0 Å². The van der Waals surface area contributed by atoms with Crippen molar-refractivity contribution in [3.05, 3.63) is 48.3 Å². The Morgan fingerprint density at radius 3 is 1.92 bits per heavy atom. The van der Waals surface area contributed by atoms with E-state index in [0.717, 1.165) is 6.54 Å². The van der Waals surface area contributed by atoms with Gasteiger partial charge in [-0.2, -0.15) is 0 Å². The van der Waals surface area contributed by atoms with Crippen LogP contribution in [0.4, 0.5) is 0 Å². The van der Waals surface area contributed by atoms with E-state index in [4.69, 9.17) is 0 Å². The lowest BCUT2D eigenvalue weighted by molar-refractivity contribution is 0.162. The molecule has 1 atom stereocenters. The molecule has 0 aromatic heterocycles. The second-order valence-electron chi connectivity index (χ2n) is 7.51. The lowest BCUT2D eigenvalue weighted by atomic mass is 10.1. The van der Waals surface area contributed by atoms with Gasteiger partial charge in [0.25, 0.3) is 0 Å². The van der Waals surface area contributed by atoms with Gasteiger partial charge in [-0.15, -0.1) is 0 Å². The number of hydrogen-bond donors (Lipinski definition) is 0. The van der Waals surface area contributed by atoms with Crippen LogP contribution in [0.15, 0.2) is 42.7 Å². The highest BCUT2D eigenvalue weighted by atomic mass is 15.4. The van der Waals surface area contributed by atoms with Crippen LogP contribution in [-0.4, -0.2) is 22.5 Å². The van der Waals surface area contributed by atoms with Crippen molar-refractivity contribution < 1.29 is 0 Å². The van der Waals surface area contributed by atoms with Crippen LogP contribution < -0.4 is 0 Å². The molecule has 1 aliphatic heterocycles. The summed E-state index contributed by atoms with van der Waals surface area (Å²) in [6, 6.07) is 10.8. The van der Waals surface area contributed by atoms with Crippen molar-refractivity contribution in [2.45, 2.75) is 90.8 Å². The van der Waals surface area contributed by atoms with E-state index in [9.17, 15) is 0 Å². The molecule has 0 bridgehead atoms. The van der Waals surface area contributed by atoms with E-state index in [2.05, 4.69) is 66.4 Å². The number of nitrogens with zero attached hydrogens (tertiary/aromatic N) is 2. The third kappa shape index (κ3) is 7.54. The van der Waals surface area contributed by atoms with Crippen molar-refractivity contribution in [1.82, 2.24) is 9.80 Å². The highest BCUT2D eigenvalue weighted by Gasteiger charge is 2.21. The predicted molar refractivity (Wildman–Crippen MR) is 109 cm³/mol. The van der Waals surface area contributed by atoms with E-state index in [1.54, 1.807) is 0 Å². The van der Waals surface area contributed by atoms with E-state index >= 15 is 0 Å². The van der Waals surface area contributed by atoms with Gasteiger partial charge >= 0.3 is 0 Å². The molecule has 2 heteroatoms. The molecule has 0 radical (unpaired) electrons. The summed E-state index contributed by atoms with van der Waals surface area (Å²) in [5.74, 6) is 0. The van der Waals surface area contributed by atoms with Crippen LogP contribution in [0.1, 0.15) is 83.6 Å². The monoisotopic (exact) mass is 342 g/mol. The molecule has 1 heterocycles. The van der Waals surface area contributed by atoms with Gasteiger partial charge in [0.15, 0.2) is 0 Å². The van der Waals surface area contributed by atoms with Gasteiger partial charge in [-0.3, -0.25) is 0 Å². The first-order chi connectivity index (χ1) is 12.3. The molecule has 0 aliphatic carbocycles. The summed E-state index contributed by atoms with van der Waals surface area (Å²) in [5.41, 5.74) is 1.39. The molecular formula is C23H38N2. The van der Waals surface area contributed by atoms with Crippen molar-refractivity contribution in [1.29, 1.82) is 0 Å². The zero-order valence-corrected chi connectivity index (χ0v) is 16.5. The molecule has 0 spiro atoms. The van der Waals surface area contributed by atoms with E-state index < -0.39 is 0 Å². The Morgan fingerprint density at radius 2 is 1.28 bits per heavy atom. The van der Waals surface area contributed by atoms with Crippen molar-refractivity contribution in [2.24, 2.45) is 0 Å². The molecule has 0 N–H and O–H groups in total. The third-order valence-corrected chi connectivity index (χ3v) is 5.39. The standard InChI is InChI=1S/C23H38N2/c1-3-4-5-6-7-8-9-10-11-15-18-24-19-20-25(22(24)2)21-23-16-13-12-14-17-23/h12-14,16-17,19-20,22H,3-11,15,18,21H2,1-2H3. The Kier molecular flexibility index (Phi) is 9.54. The summed E-state index contributed by atoms with van der Waals surface area (Å²) in [6.45, 7) is 6.81. The molecule has 1 aromatic carbocycles. The molecule has 25 heavy (non-hydrogen) atoms. The van der Waals surface area contributed by atoms with Gasteiger partial charge in [-0.25, -0.2) is 0 Å². The summed E-state index contributed by atoms with van der Waals surface area (Å²) < 4.78 is 0. The maximum Gasteiger partial charge on any atom is 0.0981 e. The van der Waals surface area contributed by atoms with Gasteiger partial charge in [0.1, 0.15) is 0 Å². The van der Waals surface area contributed by atoms with Gasteiger partial charge in [0, 0.05) is 25.5 Å². The van der Waals surface area contributed by atoms with Gasteiger partial charge in [0.2, 0.25) is 0 Å². The zero-order chi connectivity index (χ0) is 17.7. The van der Waals surface area contributed by atoms with Crippen molar-refractivity contribution in [3.63, 3.8) is 0 Å². The van der Waals surface area contributed by atoms with Crippen LogP contribution in [0.3, 0.4) is 0 Å². The lowest BCUT2D eigenvalue weighted by Crippen LogP contribution is -2.36. The SMILES string of the molecule is CCCCCCCCCCCCN1C=CN(Cc2ccccc2)C1C. The highest BCUT2D eigenvalue weighted by Crippen LogP contribution is 2.19. The Morgan fingerprint density at radius 1 is 0.720 bits per heavy atom. The van der Waals surface area contributed by atoms with Crippen LogP contribution in [0.25, 0.3) is 0 Å². The van der Waals surface area contributed by atoms with Crippen molar-refractivity contribution >= 4 is 0 Å². The molecule has 2 rings (SSSR count). The Labute approximate surface area is 155 Å². The zero-order valence-electron chi connectivity index (χ0n) is 16.5. The van der Waals surface area contributed by atoms with Crippen molar-refractivity contribution in [2.75, 3.05) is 6.54 Å². The van der Waals surface area contributed by atoms with E-state index in [0.29, 0.717) is 6.17 Å². The van der Waals surface area contributed by atoms with Crippen LogP contribution in [0.2, 0.25) is 0 Å². The number of unbranched alkanes of at least 4 members (excludes halogenated alkanes) is 9. The molecular weight excluding hydrogens is 304 g/mol. The Balaban J connectivity index is 1.50. The Hall–Kier alpha value is -1.44. The third-order valence-electron chi connectivity index (χ3n) is 5.39. The fraction of sp³-hybridized carbons (Fsp3) is 0.652. The fourth-order valence-corrected chi connectivity index (χ4v) is 3.63. The molecule has 140 valence electrons. The predicted octanol–water partition coefficient (Wildman–Crippen LogP) is 6.54. The second kappa shape index (κ2) is 12.0. The smallest absolute Gasteiger partial charge is 0.0981 e. The minimum atomic E-state index is 0.485. The topological polar surface area (TPSA) is 6.48 Å². The summed E-state index contributed by atoms with van der Waals surface area (Å²) in [4.78, 5) is 4.93. The summed E-state index contributed by atoms with van der Waals surface area (Å²) >= 11 is 0. The molecule has 0 fully saturated rings. The van der Waals surface area contributed by atoms with Gasteiger partial charge in [0.05, 0.1) is 6.17 Å². The molecule has 0 amide bonds. The summed E-state index contributed by atoms with van der Waals surface area (Å²) in [7, 11) is 0. The first-order valence-corrected chi connectivity index (χ1v) is 10.5. The highest BCUT2D eigenvalue weighted by molar-refractivity contribution is 5.15.